The predicted octanol–water partition coefficient (Wildman–Crippen LogP) is 3.79. The van der Waals surface area contributed by atoms with E-state index >= 15 is 0 Å². The van der Waals surface area contributed by atoms with Crippen LogP contribution in [0.1, 0.15) is 31.2 Å². The summed E-state index contributed by atoms with van der Waals surface area (Å²) in [6.07, 6.45) is 0.131. The molecule has 0 aliphatic carbocycles. The van der Waals surface area contributed by atoms with Gasteiger partial charge in [0, 0.05) is 4.88 Å². The first kappa shape index (κ1) is 13.1. The molecule has 1 N–H and O–H groups in total. The number of rotatable bonds is 4. The van der Waals surface area contributed by atoms with E-state index in [1.165, 1.54) is 0 Å². The standard InChI is InChI=1S/C15H18O2S/c1-11(2)17-13-7-4-6-12(10-13)15(3,16)14-8-5-9-18-14/h4-11,16H,1-3H3. The molecule has 0 fully saturated rings. The van der Waals surface area contributed by atoms with E-state index < -0.39 is 5.60 Å². The van der Waals surface area contributed by atoms with E-state index in [1.807, 2.05) is 62.5 Å². The van der Waals surface area contributed by atoms with Crippen molar-refractivity contribution in [2.45, 2.75) is 32.5 Å². The lowest BCUT2D eigenvalue weighted by Crippen LogP contribution is -2.21. The molecule has 1 heterocycles. The highest BCUT2D eigenvalue weighted by Crippen LogP contribution is 2.33. The minimum atomic E-state index is -0.968. The summed E-state index contributed by atoms with van der Waals surface area (Å²) in [5.41, 5.74) is -0.118. The quantitative estimate of drug-likeness (QED) is 0.908. The summed E-state index contributed by atoms with van der Waals surface area (Å²) in [5.74, 6) is 0.791. The molecular formula is C15H18O2S. The van der Waals surface area contributed by atoms with Crippen LogP contribution in [0.15, 0.2) is 41.8 Å². The van der Waals surface area contributed by atoms with E-state index in [1.54, 1.807) is 11.3 Å². The first-order valence-corrected chi connectivity index (χ1v) is 6.91. The van der Waals surface area contributed by atoms with Gasteiger partial charge in [-0.05, 0) is 49.9 Å². The van der Waals surface area contributed by atoms with Crippen LogP contribution >= 0.6 is 11.3 Å². The Morgan fingerprint density at radius 1 is 1.22 bits per heavy atom. The van der Waals surface area contributed by atoms with Crippen LogP contribution in [0.2, 0.25) is 0 Å². The first-order chi connectivity index (χ1) is 8.50. The maximum Gasteiger partial charge on any atom is 0.121 e. The van der Waals surface area contributed by atoms with E-state index in [0.717, 1.165) is 16.2 Å². The van der Waals surface area contributed by atoms with Crippen molar-refractivity contribution in [1.29, 1.82) is 0 Å². The monoisotopic (exact) mass is 262 g/mol. The van der Waals surface area contributed by atoms with Crippen molar-refractivity contribution in [3.05, 3.63) is 52.2 Å². The smallest absolute Gasteiger partial charge is 0.121 e. The summed E-state index contributed by atoms with van der Waals surface area (Å²) in [5, 5.41) is 12.6. The maximum absolute atomic E-state index is 10.7. The summed E-state index contributed by atoms with van der Waals surface area (Å²) in [6, 6.07) is 11.5. The average molecular weight is 262 g/mol. The number of thiophene rings is 1. The molecule has 96 valence electrons. The molecular weight excluding hydrogens is 244 g/mol. The van der Waals surface area contributed by atoms with Gasteiger partial charge in [-0.1, -0.05) is 18.2 Å². The fraction of sp³-hybridized carbons (Fsp3) is 0.333. The Morgan fingerprint density at radius 2 is 2.00 bits per heavy atom. The summed E-state index contributed by atoms with van der Waals surface area (Å²) in [7, 11) is 0. The van der Waals surface area contributed by atoms with E-state index in [9.17, 15) is 5.11 Å². The van der Waals surface area contributed by atoms with Crippen LogP contribution in [0, 0.1) is 0 Å². The largest absolute Gasteiger partial charge is 0.491 e. The second-order valence-corrected chi connectivity index (χ2v) is 5.69. The molecule has 2 nitrogen and oxygen atoms in total. The zero-order valence-electron chi connectivity index (χ0n) is 10.9. The Labute approximate surface area is 112 Å². The van der Waals surface area contributed by atoms with Crippen molar-refractivity contribution in [2.75, 3.05) is 0 Å². The Balaban J connectivity index is 2.33. The molecule has 0 radical (unpaired) electrons. The second-order valence-electron chi connectivity index (χ2n) is 4.74. The van der Waals surface area contributed by atoms with Crippen LogP contribution in [-0.4, -0.2) is 11.2 Å². The number of ether oxygens (including phenoxy) is 1. The summed E-state index contributed by atoms with van der Waals surface area (Å²) >= 11 is 1.55. The Kier molecular flexibility index (Phi) is 3.73. The van der Waals surface area contributed by atoms with Gasteiger partial charge >= 0.3 is 0 Å². The molecule has 1 aromatic heterocycles. The summed E-state index contributed by atoms with van der Waals surface area (Å²) in [6.45, 7) is 5.79. The Bertz CT molecular complexity index is 501. The minimum absolute atomic E-state index is 0.131. The highest BCUT2D eigenvalue weighted by Gasteiger charge is 2.26. The van der Waals surface area contributed by atoms with E-state index in [-0.39, 0.29) is 6.10 Å². The first-order valence-electron chi connectivity index (χ1n) is 6.03. The molecule has 0 spiro atoms. The summed E-state index contributed by atoms with van der Waals surface area (Å²) < 4.78 is 5.66. The van der Waals surface area contributed by atoms with E-state index in [2.05, 4.69) is 0 Å². The van der Waals surface area contributed by atoms with Crippen LogP contribution in [0.4, 0.5) is 0 Å². The minimum Gasteiger partial charge on any atom is -0.491 e. The van der Waals surface area contributed by atoms with Gasteiger partial charge in [0.05, 0.1) is 6.10 Å². The molecule has 2 aromatic rings. The third kappa shape index (κ3) is 2.74. The fourth-order valence-corrected chi connectivity index (χ4v) is 2.65. The van der Waals surface area contributed by atoms with E-state index in [0.29, 0.717) is 0 Å². The normalized spacial score (nSPS) is 14.5. The van der Waals surface area contributed by atoms with Crippen molar-refractivity contribution in [3.63, 3.8) is 0 Å². The fourth-order valence-electron chi connectivity index (χ4n) is 1.84. The summed E-state index contributed by atoms with van der Waals surface area (Å²) in [4.78, 5) is 0.934. The third-order valence-corrected chi connectivity index (χ3v) is 3.85. The van der Waals surface area contributed by atoms with Gasteiger partial charge in [-0.2, -0.15) is 0 Å². The molecule has 0 amide bonds. The zero-order valence-corrected chi connectivity index (χ0v) is 11.7. The lowest BCUT2D eigenvalue weighted by molar-refractivity contribution is 0.106. The highest BCUT2D eigenvalue weighted by atomic mass is 32.1. The van der Waals surface area contributed by atoms with E-state index in [4.69, 9.17) is 4.74 Å². The van der Waals surface area contributed by atoms with Crippen LogP contribution < -0.4 is 4.74 Å². The van der Waals surface area contributed by atoms with Gasteiger partial charge in [0.1, 0.15) is 11.4 Å². The van der Waals surface area contributed by atoms with Gasteiger partial charge in [-0.3, -0.25) is 0 Å². The van der Waals surface area contributed by atoms with Crippen LogP contribution in [0.5, 0.6) is 5.75 Å². The molecule has 3 heteroatoms. The lowest BCUT2D eigenvalue weighted by atomic mass is 9.94. The molecule has 0 saturated heterocycles. The molecule has 2 rings (SSSR count). The Hall–Kier alpha value is -1.32. The van der Waals surface area contributed by atoms with Crippen LogP contribution in [-0.2, 0) is 5.60 Å². The van der Waals surface area contributed by atoms with Crippen molar-refractivity contribution < 1.29 is 9.84 Å². The topological polar surface area (TPSA) is 29.5 Å². The molecule has 0 saturated carbocycles. The van der Waals surface area contributed by atoms with Gasteiger partial charge in [0.2, 0.25) is 0 Å². The number of benzene rings is 1. The van der Waals surface area contributed by atoms with Crippen molar-refractivity contribution in [2.24, 2.45) is 0 Å². The zero-order chi connectivity index (χ0) is 13.2. The van der Waals surface area contributed by atoms with Gasteiger partial charge in [-0.15, -0.1) is 11.3 Å². The number of aliphatic hydroxyl groups is 1. The Morgan fingerprint density at radius 3 is 2.61 bits per heavy atom. The van der Waals surface area contributed by atoms with Gasteiger partial charge in [-0.25, -0.2) is 0 Å². The maximum atomic E-state index is 10.7. The number of hydrogen-bond acceptors (Lipinski definition) is 3. The third-order valence-electron chi connectivity index (χ3n) is 2.77. The molecule has 0 aliphatic rings. The van der Waals surface area contributed by atoms with Crippen molar-refractivity contribution in [1.82, 2.24) is 0 Å². The predicted molar refractivity (Wildman–Crippen MR) is 75.2 cm³/mol. The van der Waals surface area contributed by atoms with Gasteiger partial charge in [0.15, 0.2) is 0 Å². The molecule has 0 bridgehead atoms. The molecule has 0 aliphatic heterocycles. The number of hydrogen-bond donors (Lipinski definition) is 1. The van der Waals surface area contributed by atoms with Crippen molar-refractivity contribution in [3.8, 4) is 5.75 Å². The molecule has 1 atom stereocenters. The second kappa shape index (κ2) is 5.12. The average Bonchev–Trinajstić information content (AvgIpc) is 2.82. The highest BCUT2D eigenvalue weighted by molar-refractivity contribution is 7.10. The SMILES string of the molecule is CC(C)Oc1cccc(C(C)(O)c2cccs2)c1. The van der Waals surface area contributed by atoms with Gasteiger partial charge < -0.3 is 9.84 Å². The van der Waals surface area contributed by atoms with Gasteiger partial charge in [0.25, 0.3) is 0 Å². The van der Waals surface area contributed by atoms with Crippen molar-refractivity contribution >= 4 is 11.3 Å². The molecule has 1 unspecified atom stereocenters. The molecule has 1 aromatic carbocycles. The molecule has 18 heavy (non-hydrogen) atoms. The van der Waals surface area contributed by atoms with Crippen LogP contribution in [0.25, 0.3) is 0 Å². The van der Waals surface area contributed by atoms with Crippen LogP contribution in [0.3, 0.4) is 0 Å². The lowest BCUT2D eigenvalue weighted by Gasteiger charge is -2.23.